The highest BCUT2D eigenvalue weighted by molar-refractivity contribution is 7.92. The van der Waals surface area contributed by atoms with Gasteiger partial charge in [0.15, 0.2) is 5.82 Å². The highest BCUT2D eigenvalue weighted by Crippen LogP contribution is 2.36. The summed E-state index contributed by atoms with van der Waals surface area (Å²) in [5, 5.41) is -0.296. The highest BCUT2D eigenvalue weighted by Gasteiger charge is 2.37. The Morgan fingerprint density at radius 3 is 2.31 bits per heavy atom. The van der Waals surface area contributed by atoms with Crippen molar-refractivity contribution in [1.29, 1.82) is 0 Å². The molecule has 3 rings (SSSR count). The maximum absolute atomic E-state index is 14.8. The first kappa shape index (κ1) is 23.2. The molecule has 3 N–H and O–H groups in total. The van der Waals surface area contributed by atoms with Crippen LogP contribution in [0.2, 0.25) is 5.02 Å². The van der Waals surface area contributed by atoms with Gasteiger partial charge in [-0.15, -0.1) is 0 Å². The Labute approximate surface area is 183 Å². The Morgan fingerprint density at radius 2 is 1.69 bits per heavy atom. The molecular weight excluding hydrogens is 479 g/mol. The van der Waals surface area contributed by atoms with Crippen LogP contribution in [0.15, 0.2) is 47.6 Å². The summed E-state index contributed by atoms with van der Waals surface area (Å²) in [5.41, 5.74) is 2.31. The van der Waals surface area contributed by atoms with Crippen LogP contribution in [0.5, 0.6) is 0 Å². The largest absolute Gasteiger partial charge is 0.417 e. The molecule has 1 heterocycles. The molecule has 32 heavy (non-hydrogen) atoms. The minimum atomic E-state index is -5.03. The van der Waals surface area contributed by atoms with Gasteiger partial charge in [0.05, 0.1) is 22.4 Å². The number of nitrogens with two attached hydrogens (primary N) is 1. The molecule has 0 saturated heterocycles. The second kappa shape index (κ2) is 8.60. The lowest BCUT2D eigenvalue weighted by atomic mass is 10.1. The number of alkyl halides is 3. The van der Waals surface area contributed by atoms with E-state index in [0.29, 0.717) is 24.3 Å². The van der Waals surface area contributed by atoms with Crippen molar-refractivity contribution < 1.29 is 30.4 Å². The topological polar surface area (TPSA) is 98.0 Å². The van der Waals surface area contributed by atoms with Crippen molar-refractivity contribution in [2.24, 2.45) is 0 Å². The maximum atomic E-state index is 14.8. The molecule has 0 saturated carbocycles. The molecule has 2 aromatic carbocycles. The van der Waals surface area contributed by atoms with Crippen molar-refractivity contribution in [1.82, 2.24) is 9.97 Å². The Kier molecular flexibility index (Phi) is 6.25. The van der Waals surface area contributed by atoms with E-state index in [-0.39, 0.29) is 16.5 Å². The summed E-state index contributed by atoms with van der Waals surface area (Å²) in [5.74, 6) is 1.92. The van der Waals surface area contributed by atoms with E-state index in [9.17, 15) is 30.4 Å². The zero-order valence-electron chi connectivity index (χ0n) is 15.5. The average molecular weight is 489 g/mol. The number of hydrogen-bond donors (Lipinski definition) is 2. The summed E-state index contributed by atoms with van der Waals surface area (Å²) in [6.45, 7) is 0. The van der Waals surface area contributed by atoms with Crippen LogP contribution in [-0.2, 0) is 16.2 Å². The second-order valence-electron chi connectivity index (χ2n) is 6.11. The van der Waals surface area contributed by atoms with E-state index in [1.54, 1.807) is 4.72 Å². The molecule has 13 heteroatoms. The summed E-state index contributed by atoms with van der Waals surface area (Å²) in [7, 11) is -4.97. The molecule has 0 bridgehead atoms. The van der Waals surface area contributed by atoms with Gasteiger partial charge in [0.2, 0.25) is 5.95 Å². The molecule has 6 nitrogen and oxygen atoms in total. The van der Waals surface area contributed by atoms with E-state index in [1.165, 1.54) is 12.4 Å². The van der Waals surface area contributed by atoms with Crippen molar-refractivity contribution in [2.45, 2.75) is 11.1 Å². The number of halogens is 6. The average Bonchev–Trinajstić information content (AvgIpc) is 2.70. The van der Waals surface area contributed by atoms with E-state index in [0.717, 1.165) is 6.07 Å². The molecular formula is C19H10ClF5N4O2S. The lowest BCUT2D eigenvalue weighted by Gasteiger charge is -2.15. The van der Waals surface area contributed by atoms with Crippen molar-refractivity contribution in [3.05, 3.63) is 76.1 Å². The quantitative estimate of drug-likeness (QED) is 0.425. The minimum Gasteiger partial charge on any atom is -0.368 e. The first-order valence-corrected chi connectivity index (χ1v) is 10.2. The molecule has 0 amide bonds. The van der Waals surface area contributed by atoms with Gasteiger partial charge < -0.3 is 5.73 Å². The van der Waals surface area contributed by atoms with Crippen LogP contribution in [0.3, 0.4) is 0 Å². The summed E-state index contributed by atoms with van der Waals surface area (Å²) in [4.78, 5) is 6.08. The van der Waals surface area contributed by atoms with Crippen LogP contribution in [-0.4, -0.2) is 18.4 Å². The third kappa shape index (κ3) is 5.06. The number of anilines is 2. The van der Waals surface area contributed by atoms with Gasteiger partial charge in [-0.1, -0.05) is 23.4 Å². The molecule has 0 atom stereocenters. The zero-order chi connectivity index (χ0) is 23.7. The lowest BCUT2D eigenvalue weighted by molar-refractivity contribution is -0.139. The minimum absolute atomic E-state index is 0.0523. The summed E-state index contributed by atoms with van der Waals surface area (Å²) >= 11 is 5.64. The molecule has 3 aromatic rings. The molecule has 0 spiro atoms. The van der Waals surface area contributed by atoms with E-state index in [1.807, 2.05) is 0 Å². The monoisotopic (exact) mass is 488 g/mol. The third-order valence-corrected chi connectivity index (χ3v) is 5.52. The molecule has 166 valence electrons. The fraction of sp³-hybridized carbons (Fsp3) is 0.0526. The fourth-order valence-corrected chi connectivity index (χ4v) is 3.98. The number of nitrogen functional groups attached to an aromatic ring is 1. The van der Waals surface area contributed by atoms with Crippen LogP contribution < -0.4 is 10.5 Å². The standard InChI is InChI=1S/C19H10ClF5N4O2S/c20-11-2-4-13(19(23,24)25)16(7-11)32(30,31)29-15-6-5-14(21)12(17(15)22)3-1-10-8-27-18(26)28-9-10/h2,4-9,29H,(H2,26,27,28). The van der Waals surface area contributed by atoms with Gasteiger partial charge in [-0.05, 0) is 30.3 Å². The molecule has 0 aliphatic heterocycles. The van der Waals surface area contributed by atoms with Gasteiger partial charge in [0.25, 0.3) is 10.0 Å². The third-order valence-electron chi connectivity index (χ3n) is 3.88. The van der Waals surface area contributed by atoms with E-state index in [4.69, 9.17) is 17.3 Å². The van der Waals surface area contributed by atoms with Gasteiger partial charge in [0.1, 0.15) is 10.7 Å². The number of rotatable bonds is 3. The number of aromatic nitrogens is 2. The molecule has 0 aliphatic carbocycles. The van der Waals surface area contributed by atoms with Crippen LogP contribution in [0.25, 0.3) is 0 Å². The lowest BCUT2D eigenvalue weighted by Crippen LogP contribution is -2.20. The first-order valence-electron chi connectivity index (χ1n) is 8.35. The van der Waals surface area contributed by atoms with E-state index < -0.39 is 49.5 Å². The smallest absolute Gasteiger partial charge is 0.368 e. The van der Waals surface area contributed by atoms with Crippen molar-refractivity contribution in [3.63, 3.8) is 0 Å². The Hall–Kier alpha value is -3.43. The first-order chi connectivity index (χ1) is 14.9. The van der Waals surface area contributed by atoms with Gasteiger partial charge >= 0.3 is 6.18 Å². The molecule has 0 unspecified atom stereocenters. The number of benzene rings is 2. The van der Waals surface area contributed by atoms with Crippen molar-refractivity contribution >= 4 is 33.3 Å². The fourth-order valence-electron chi connectivity index (χ4n) is 2.44. The Morgan fingerprint density at radius 1 is 1.03 bits per heavy atom. The van der Waals surface area contributed by atoms with Crippen molar-refractivity contribution in [3.8, 4) is 11.8 Å². The van der Waals surface area contributed by atoms with Gasteiger partial charge in [-0.25, -0.2) is 27.2 Å². The van der Waals surface area contributed by atoms with Gasteiger partial charge in [0, 0.05) is 17.4 Å². The number of sulfonamides is 1. The number of hydrogen-bond acceptors (Lipinski definition) is 5. The molecule has 0 fully saturated rings. The summed E-state index contributed by atoms with van der Waals surface area (Å²) in [6, 6.07) is 3.31. The Bertz CT molecular complexity index is 1350. The zero-order valence-corrected chi connectivity index (χ0v) is 17.1. The Balaban J connectivity index is 2.03. The summed E-state index contributed by atoms with van der Waals surface area (Å²) in [6.07, 6.45) is -2.65. The van der Waals surface area contributed by atoms with Crippen molar-refractivity contribution in [2.75, 3.05) is 10.5 Å². The number of nitrogens with zero attached hydrogens (tertiary/aromatic N) is 2. The van der Waals surface area contributed by atoms with Crippen LogP contribution in [0, 0.1) is 23.5 Å². The predicted octanol–water partition coefficient (Wildman–Crippen LogP) is 4.21. The van der Waals surface area contributed by atoms with E-state index in [2.05, 4.69) is 21.8 Å². The molecule has 0 radical (unpaired) electrons. The second-order valence-corrected chi connectivity index (χ2v) is 8.19. The number of nitrogens with one attached hydrogen (secondary N) is 1. The predicted molar refractivity (Wildman–Crippen MR) is 106 cm³/mol. The SMILES string of the molecule is Nc1ncc(C#Cc2c(F)ccc(NS(=O)(=O)c3cc(Cl)ccc3C(F)(F)F)c2F)cn1. The highest BCUT2D eigenvalue weighted by atomic mass is 35.5. The van der Waals surface area contributed by atoms with Gasteiger partial charge in [-0.3, -0.25) is 4.72 Å². The molecule has 0 aliphatic rings. The van der Waals surface area contributed by atoms with E-state index >= 15 is 0 Å². The van der Waals surface area contributed by atoms with Crippen LogP contribution in [0.1, 0.15) is 16.7 Å². The van der Waals surface area contributed by atoms with Gasteiger partial charge in [-0.2, -0.15) is 13.2 Å². The van der Waals surface area contributed by atoms with Crippen LogP contribution in [0.4, 0.5) is 33.6 Å². The van der Waals surface area contributed by atoms with Crippen LogP contribution >= 0.6 is 11.6 Å². The molecule has 1 aromatic heterocycles. The maximum Gasteiger partial charge on any atom is 0.417 e. The normalized spacial score (nSPS) is 11.6. The summed E-state index contributed by atoms with van der Waals surface area (Å²) < 4.78 is 95.4.